The number of para-hydroxylation sites is 1. The second-order valence-electron chi connectivity index (χ2n) is 7.68. The molecule has 0 radical (unpaired) electrons. The minimum atomic E-state index is -0.274. The lowest BCUT2D eigenvalue weighted by atomic mass is 10.1. The molecule has 0 bridgehead atoms. The molecule has 1 fully saturated rings. The number of thioether (sulfide) groups is 1. The molecule has 9 heteroatoms. The van der Waals surface area contributed by atoms with Crippen LogP contribution in [0.25, 0.3) is 17.0 Å². The fourth-order valence-electron chi connectivity index (χ4n) is 3.91. The van der Waals surface area contributed by atoms with Gasteiger partial charge in [0.1, 0.15) is 6.54 Å². The van der Waals surface area contributed by atoms with Crippen LogP contribution in [0, 0.1) is 0 Å². The Morgan fingerprint density at radius 2 is 1.97 bits per heavy atom. The minimum Gasteiger partial charge on any atom is -0.454 e. The molecule has 33 heavy (non-hydrogen) atoms. The smallest absolute Gasteiger partial charge is 0.293 e. The maximum Gasteiger partial charge on any atom is 0.293 e. The van der Waals surface area contributed by atoms with E-state index >= 15 is 0 Å². The first kappa shape index (κ1) is 21.1. The highest BCUT2D eigenvalue weighted by atomic mass is 32.2. The normalized spacial score (nSPS) is 16.3. The molecule has 3 amide bonds. The number of carbonyl (C=O) groups excluding carboxylic acids is 3. The van der Waals surface area contributed by atoms with Crippen molar-refractivity contribution < 1.29 is 23.9 Å². The first-order valence-electron chi connectivity index (χ1n) is 10.6. The fraction of sp³-hybridized carbons (Fsp3) is 0.208. The molecule has 0 saturated carbocycles. The van der Waals surface area contributed by atoms with Gasteiger partial charge in [0.15, 0.2) is 11.5 Å². The van der Waals surface area contributed by atoms with Gasteiger partial charge in [-0.25, -0.2) is 0 Å². The third-order valence-electron chi connectivity index (χ3n) is 5.40. The fourth-order valence-corrected chi connectivity index (χ4v) is 4.76. The average Bonchev–Trinajstić information content (AvgIpc) is 3.47. The van der Waals surface area contributed by atoms with Gasteiger partial charge in [-0.1, -0.05) is 25.1 Å². The Bertz CT molecular complexity index is 1310. The number of nitrogens with one attached hydrogen (secondary N) is 1. The van der Waals surface area contributed by atoms with Gasteiger partial charge in [-0.3, -0.25) is 19.3 Å². The van der Waals surface area contributed by atoms with E-state index in [9.17, 15) is 14.4 Å². The van der Waals surface area contributed by atoms with Gasteiger partial charge in [-0.2, -0.15) is 0 Å². The van der Waals surface area contributed by atoms with Crippen LogP contribution in [0.2, 0.25) is 0 Å². The van der Waals surface area contributed by atoms with Crippen molar-refractivity contribution in [2.75, 3.05) is 18.7 Å². The zero-order valence-electron chi connectivity index (χ0n) is 17.9. The molecule has 0 spiro atoms. The number of anilines is 1. The summed E-state index contributed by atoms with van der Waals surface area (Å²) in [5, 5.41) is 3.53. The Kier molecular flexibility index (Phi) is 5.55. The molecular formula is C24H21N3O5S. The average molecular weight is 464 g/mol. The highest BCUT2D eigenvalue weighted by Crippen LogP contribution is 2.35. The summed E-state index contributed by atoms with van der Waals surface area (Å²) in [5.74, 6) is 0.768. The lowest BCUT2D eigenvalue weighted by Crippen LogP contribution is -2.28. The van der Waals surface area contributed by atoms with Crippen molar-refractivity contribution in [1.82, 2.24) is 9.47 Å². The summed E-state index contributed by atoms with van der Waals surface area (Å²) in [7, 11) is 0. The van der Waals surface area contributed by atoms with Gasteiger partial charge in [-0.05, 0) is 42.5 Å². The van der Waals surface area contributed by atoms with Gasteiger partial charge in [-0.15, -0.1) is 0 Å². The Hall–Kier alpha value is -3.72. The lowest BCUT2D eigenvalue weighted by molar-refractivity contribution is -0.122. The summed E-state index contributed by atoms with van der Waals surface area (Å²) < 4.78 is 12.5. The predicted molar refractivity (Wildman–Crippen MR) is 126 cm³/mol. The SMILES string of the molecule is CCCN1C(=O)S/C(=C\c2cn(CC(=O)Nc3ccc4c(c3)OCO4)c3ccccc23)C1=O. The van der Waals surface area contributed by atoms with Crippen LogP contribution in [0.3, 0.4) is 0 Å². The number of nitrogens with zero attached hydrogens (tertiary/aromatic N) is 2. The van der Waals surface area contributed by atoms with E-state index in [0.717, 1.165) is 28.2 Å². The molecule has 1 N–H and O–H groups in total. The van der Waals surface area contributed by atoms with Crippen LogP contribution in [0.4, 0.5) is 10.5 Å². The molecule has 168 valence electrons. The van der Waals surface area contributed by atoms with E-state index in [-0.39, 0.29) is 30.4 Å². The summed E-state index contributed by atoms with van der Waals surface area (Å²) >= 11 is 0.948. The van der Waals surface area contributed by atoms with Gasteiger partial charge in [0.2, 0.25) is 12.7 Å². The molecule has 0 aliphatic carbocycles. The zero-order valence-corrected chi connectivity index (χ0v) is 18.7. The topological polar surface area (TPSA) is 89.9 Å². The van der Waals surface area contributed by atoms with Gasteiger partial charge in [0.05, 0.1) is 4.91 Å². The molecule has 3 heterocycles. The van der Waals surface area contributed by atoms with Crippen LogP contribution >= 0.6 is 11.8 Å². The molecule has 0 unspecified atom stereocenters. The van der Waals surface area contributed by atoms with Crippen molar-refractivity contribution in [2.45, 2.75) is 19.9 Å². The van der Waals surface area contributed by atoms with Gasteiger partial charge in [0.25, 0.3) is 11.1 Å². The number of amides is 3. The molecule has 3 aromatic rings. The summed E-state index contributed by atoms with van der Waals surface area (Å²) in [5.41, 5.74) is 2.26. The third-order valence-corrected chi connectivity index (χ3v) is 6.30. The molecule has 8 nitrogen and oxygen atoms in total. The van der Waals surface area contributed by atoms with Crippen molar-refractivity contribution in [1.29, 1.82) is 0 Å². The quantitative estimate of drug-likeness (QED) is 0.543. The van der Waals surface area contributed by atoms with Crippen LogP contribution in [0.5, 0.6) is 11.5 Å². The molecule has 1 saturated heterocycles. The minimum absolute atomic E-state index is 0.0834. The Balaban J connectivity index is 1.39. The van der Waals surface area contributed by atoms with E-state index in [2.05, 4.69) is 5.32 Å². The maximum atomic E-state index is 12.8. The summed E-state index contributed by atoms with van der Waals surface area (Å²) in [6.45, 7) is 2.59. The van der Waals surface area contributed by atoms with Crippen LogP contribution in [-0.2, 0) is 16.1 Å². The number of carbonyl (C=O) groups is 3. The molecule has 2 aromatic carbocycles. The number of aromatic nitrogens is 1. The maximum absolute atomic E-state index is 12.8. The molecule has 2 aliphatic heterocycles. The van der Waals surface area contributed by atoms with Crippen LogP contribution in [-0.4, -0.2) is 39.9 Å². The number of ether oxygens (including phenoxy) is 2. The standard InChI is InChI=1S/C24H21N3O5S/c1-2-9-27-23(29)21(33-24(27)30)10-15-12-26(18-6-4-3-5-17(15)18)13-22(28)25-16-7-8-19-20(11-16)32-14-31-19/h3-8,10-12H,2,9,13-14H2,1H3,(H,25,28)/b21-10-. The monoisotopic (exact) mass is 463 g/mol. The van der Waals surface area contributed by atoms with Gasteiger partial charge in [0, 0.05) is 41.0 Å². The van der Waals surface area contributed by atoms with Gasteiger partial charge < -0.3 is 19.4 Å². The molecule has 0 atom stereocenters. The number of hydrogen-bond donors (Lipinski definition) is 1. The summed E-state index contributed by atoms with van der Waals surface area (Å²) in [6.07, 6.45) is 4.27. The highest BCUT2D eigenvalue weighted by Gasteiger charge is 2.34. The second-order valence-corrected chi connectivity index (χ2v) is 8.67. The summed E-state index contributed by atoms with van der Waals surface area (Å²) in [6, 6.07) is 12.9. The third kappa shape index (κ3) is 4.07. The molecule has 1 aromatic heterocycles. The number of fused-ring (bicyclic) bond motifs is 2. The van der Waals surface area contributed by atoms with Crippen molar-refractivity contribution in [3.8, 4) is 11.5 Å². The second kappa shape index (κ2) is 8.67. The first-order valence-corrected chi connectivity index (χ1v) is 11.4. The number of benzene rings is 2. The van der Waals surface area contributed by atoms with E-state index in [1.807, 2.05) is 42.0 Å². The van der Waals surface area contributed by atoms with Crippen molar-refractivity contribution in [3.05, 3.63) is 59.1 Å². The number of hydrogen-bond acceptors (Lipinski definition) is 6. The van der Waals surface area contributed by atoms with Crippen molar-refractivity contribution >= 4 is 51.5 Å². The largest absolute Gasteiger partial charge is 0.454 e. The highest BCUT2D eigenvalue weighted by molar-refractivity contribution is 8.18. The molecule has 5 rings (SSSR count). The first-order chi connectivity index (χ1) is 16.0. The number of imide groups is 1. The van der Waals surface area contributed by atoms with E-state index in [4.69, 9.17) is 9.47 Å². The van der Waals surface area contributed by atoms with Crippen LogP contribution in [0.15, 0.2) is 53.6 Å². The predicted octanol–water partition coefficient (Wildman–Crippen LogP) is 4.46. The van der Waals surface area contributed by atoms with E-state index in [0.29, 0.717) is 35.1 Å². The van der Waals surface area contributed by atoms with Crippen molar-refractivity contribution in [3.63, 3.8) is 0 Å². The van der Waals surface area contributed by atoms with Crippen LogP contribution in [0.1, 0.15) is 18.9 Å². The lowest BCUT2D eigenvalue weighted by Gasteiger charge is -2.09. The van der Waals surface area contributed by atoms with Crippen LogP contribution < -0.4 is 14.8 Å². The van der Waals surface area contributed by atoms with Crippen molar-refractivity contribution in [2.24, 2.45) is 0 Å². The summed E-state index contributed by atoms with van der Waals surface area (Å²) in [4.78, 5) is 39.2. The van der Waals surface area contributed by atoms with E-state index in [1.165, 1.54) is 4.90 Å². The number of rotatable bonds is 6. The van der Waals surface area contributed by atoms with E-state index in [1.54, 1.807) is 24.3 Å². The Morgan fingerprint density at radius 1 is 1.15 bits per heavy atom. The van der Waals surface area contributed by atoms with E-state index < -0.39 is 0 Å². The van der Waals surface area contributed by atoms with Gasteiger partial charge >= 0.3 is 0 Å². The Morgan fingerprint density at radius 3 is 2.82 bits per heavy atom. The zero-order chi connectivity index (χ0) is 22.9. The Labute approximate surface area is 194 Å². The molecular weight excluding hydrogens is 442 g/mol. The molecule has 2 aliphatic rings.